The molecule has 0 unspecified atom stereocenters. The van der Waals surface area contributed by atoms with Crippen molar-refractivity contribution in [1.82, 2.24) is 4.90 Å². The molecule has 0 spiro atoms. The van der Waals surface area contributed by atoms with Crippen LogP contribution >= 0.6 is 0 Å². The van der Waals surface area contributed by atoms with Gasteiger partial charge in [0.15, 0.2) is 0 Å². The topological polar surface area (TPSA) is 46.3 Å². The molecular weight excluding hydrogens is 212 g/mol. The second-order valence-electron chi connectivity index (χ2n) is 5.96. The summed E-state index contributed by atoms with van der Waals surface area (Å²) >= 11 is 0. The predicted octanol–water partition coefficient (Wildman–Crippen LogP) is 2.01. The van der Waals surface area contributed by atoms with Crippen LogP contribution in [0.1, 0.15) is 45.4 Å². The van der Waals surface area contributed by atoms with Gasteiger partial charge in [0.1, 0.15) is 0 Å². The van der Waals surface area contributed by atoms with Gasteiger partial charge in [-0.2, -0.15) is 0 Å². The van der Waals surface area contributed by atoms with Gasteiger partial charge in [-0.25, -0.2) is 0 Å². The van der Waals surface area contributed by atoms with Crippen LogP contribution in [-0.2, 0) is 4.79 Å². The van der Waals surface area contributed by atoms with Gasteiger partial charge in [0.2, 0.25) is 5.91 Å². The fraction of sp³-hybridized carbons (Fsp3) is 0.929. The first-order valence-electron chi connectivity index (χ1n) is 7.19. The average Bonchev–Trinajstić information content (AvgIpc) is 2.39. The highest BCUT2D eigenvalue weighted by Crippen LogP contribution is 2.30. The number of rotatable bonds is 2. The molecule has 2 rings (SSSR count). The van der Waals surface area contributed by atoms with Crippen molar-refractivity contribution in [3.05, 3.63) is 0 Å². The van der Waals surface area contributed by atoms with Crippen LogP contribution < -0.4 is 5.73 Å². The standard InChI is InChI=1S/C14H26N2O/c1-11-6-8-16(9-7-11)14(17)13-4-2-12(10-15)3-5-13/h11-13H,2-10,15H2,1H3. The molecule has 1 aliphatic heterocycles. The SMILES string of the molecule is CC1CCN(C(=O)C2CCC(CN)CC2)CC1. The van der Waals surface area contributed by atoms with Crippen molar-refractivity contribution in [3.63, 3.8) is 0 Å². The van der Waals surface area contributed by atoms with Crippen LogP contribution in [0.3, 0.4) is 0 Å². The summed E-state index contributed by atoms with van der Waals surface area (Å²) in [7, 11) is 0. The fourth-order valence-electron chi connectivity index (χ4n) is 3.13. The number of nitrogens with zero attached hydrogens (tertiary/aromatic N) is 1. The van der Waals surface area contributed by atoms with Gasteiger partial charge in [-0.3, -0.25) is 4.79 Å². The monoisotopic (exact) mass is 238 g/mol. The summed E-state index contributed by atoms with van der Waals surface area (Å²) in [6.07, 6.45) is 6.79. The van der Waals surface area contributed by atoms with E-state index in [1.165, 1.54) is 12.8 Å². The Balaban J connectivity index is 1.80. The van der Waals surface area contributed by atoms with Gasteiger partial charge in [0.25, 0.3) is 0 Å². The highest BCUT2D eigenvalue weighted by Gasteiger charge is 2.30. The van der Waals surface area contributed by atoms with Crippen molar-refractivity contribution in [2.24, 2.45) is 23.5 Å². The van der Waals surface area contributed by atoms with E-state index in [1.807, 2.05) is 0 Å². The van der Waals surface area contributed by atoms with E-state index >= 15 is 0 Å². The number of carbonyl (C=O) groups excluding carboxylic acids is 1. The van der Waals surface area contributed by atoms with E-state index in [0.29, 0.717) is 17.7 Å². The quantitative estimate of drug-likeness (QED) is 0.800. The van der Waals surface area contributed by atoms with E-state index in [2.05, 4.69) is 11.8 Å². The van der Waals surface area contributed by atoms with E-state index in [-0.39, 0.29) is 0 Å². The van der Waals surface area contributed by atoms with E-state index in [1.54, 1.807) is 0 Å². The Morgan fingerprint density at radius 2 is 1.71 bits per heavy atom. The summed E-state index contributed by atoms with van der Waals surface area (Å²) in [5, 5.41) is 0. The number of piperidine rings is 1. The minimum atomic E-state index is 0.297. The van der Waals surface area contributed by atoms with Gasteiger partial charge in [-0.05, 0) is 56.9 Å². The van der Waals surface area contributed by atoms with Crippen LogP contribution in [-0.4, -0.2) is 30.4 Å². The zero-order valence-electron chi connectivity index (χ0n) is 11.0. The molecule has 2 fully saturated rings. The average molecular weight is 238 g/mol. The lowest BCUT2D eigenvalue weighted by atomic mass is 9.81. The van der Waals surface area contributed by atoms with Crippen molar-refractivity contribution < 1.29 is 4.79 Å². The van der Waals surface area contributed by atoms with Gasteiger partial charge in [0, 0.05) is 19.0 Å². The Bertz CT molecular complexity index is 251. The van der Waals surface area contributed by atoms with Crippen LogP contribution in [0.2, 0.25) is 0 Å². The lowest BCUT2D eigenvalue weighted by Gasteiger charge is -2.35. The van der Waals surface area contributed by atoms with Crippen LogP contribution in [0, 0.1) is 17.8 Å². The van der Waals surface area contributed by atoms with Gasteiger partial charge in [-0.15, -0.1) is 0 Å². The third-order valence-electron chi connectivity index (χ3n) is 4.62. The second kappa shape index (κ2) is 5.85. The molecule has 0 radical (unpaired) electrons. The molecule has 1 saturated heterocycles. The van der Waals surface area contributed by atoms with Gasteiger partial charge >= 0.3 is 0 Å². The first-order valence-corrected chi connectivity index (χ1v) is 7.19. The minimum absolute atomic E-state index is 0.297. The third-order valence-corrected chi connectivity index (χ3v) is 4.62. The van der Waals surface area contributed by atoms with Crippen molar-refractivity contribution in [2.45, 2.75) is 45.4 Å². The second-order valence-corrected chi connectivity index (χ2v) is 5.96. The maximum atomic E-state index is 12.3. The lowest BCUT2D eigenvalue weighted by Crippen LogP contribution is -2.42. The maximum Gasteiger partial charge on any atom is 0.225 e. The summed E-state index contributed by atoms with van der Waals surface area (Å²) < 4.78 is 0. The molecule has 0 aromatic carbocycles. The van der Waals surface area contributed by atoms with Crippen molar-refractivity contribution in [3.8, 4) is 0 Å². The summed E-state index contributed by atoms with van der Waals surface area (Å²) in [4.78, 5) is 14.5. The molecule has 0 bridgehead atoms. The molecule has 17 heavy (non-hydrogen) atoms. The Labute approximate surface area is 105 Å². The fourth-order valence-corrected chi connectivity index (χ4v) is 3.13. The molecule has 0 atom stereocenters. The first-order chi connectivity index (χ1) is 8.20. The highest BCUT2D eigenvalue weighted by atomic mass is 16.2. The van der Waals surface area contributed by atoms with E-state index in [4.69, 9.17) is 5.73 Å². The number of amides is 1. The lowest BCUT2D eigenvalue weighted by molar-refractivity contribution is -0.138. The molecule has 2 N–H and O–H groups in total. The number of carbonyl (C=O) groups is 1. The Morgan fingerprint density at radius 3 is 2.24 bits per heavy atom. The van der Waals surface area contributed by atoms with Crippen LogP contribution in [0.25, 0.3) is 0 Å². The molecule has 1 aliphatic carbocycles. The molecular formula is C14H26N2O. The summed E-state index contributed by atoms with van der Waals surface area (Å²) in [6, 6.07) is 0. The largest absolute Gasteiger partial charge is 0.342 e. The Hall–Kier alpha value is -0.570. The van der Waals surface area contributed by atoms with Gasteiger partial charge in [-0.1, -0.05) is 6.92 Å². The van der Waals surface area contributed by atoms with Crippen LogP contribution in [0.4, 0.5) is 0 Å². The molecule has 98 valence electrons. The van der Waals surface area contributed by atoms with E-state index < -0.39 is 0 Å². The molecule has 1 amide bonds. The van der Waals surface area contributed by atoms with Crippen LogP contribution in [0.5, 0.6) is 0 Å². The van der Waals surface area contributed by atoms with Crippen molar-refractivity contribution in [1.29, 1.82) is 0 Å². The number of hydrogen-bond acceptors (Lipinski definition) is 2. The molecule has 3 heteroatoms. The molecule has 0 aromatic heterocycles. The number of likely N-dealkylation sites (tertiary alicyclic amines) is 1. The van der Waals surface area contributed by atoms with Crippen molar-refractivity contribution in [2.75, 3.05) is 19.6 Å². The Kier molecular flexibility index (Phi) is 4.43. The first kappa shape index (κ1) is 12.9. The predicted molar refractivity (Wildman–Crippen MR) is 69.5 cm³/mol. The zero-order chi connectivity index (χ0) is 12.3. The van der Waals surface area contributed by atoms with E-state index in [9.17, 15) is 4.79 Å². The number of nitrogens with two attached hydrogens (primary N) is 1. The molecule has 3 nitrogen and oxygen atoms in total. The highest BCUT2D eigenvalue weighted by molar-refractivity contribution is 5.79. The minimum Gasteiger partial charge on any atom is -0.342 e. The van der Waals surface area contributed by atoms with Crippen molar-refractivity contribution >= 4 is 5.91 Å². The normalized spacial score (nSPS) is 31.5. The molecule has 2 aliphatic rings. The number of hydrogen-bond donors (Lipinski definition) is 1. The van der Waals surface area contributed by atoms with Gasteiger partial charge in [0.05, 0.1) is 0 Å². The van der Waals surface area contributed by atoms with Gasteiger partial charge < -0.3 is 10.6 Å². The Morgan fingerprint density at radius 1 is 1.12 bits per heavy atom. The zero-order valence-corrected chi connectivity index (χ0v) is 11.0. The summed E-state index contributed by atoms with van der Waals surface area (Å²) in [6.45, 7) is 5.05. The molecule has 1 heterocycles. The van der Waals surface area contributed by atoms with Crippen LogP contribution in [0.15, 0.2) is 0 Å². The van der Waals surface area contributed by atoms with E-state index in [0.717, 1.165) is 51.2 Å². The maximum absolute atomic E-state index is 12.3. The molecule has 0 aromatic rings. The third kappa shape index (κ3) is 3.21. The summed E-state index contributed by atoms with van der Waals surface area (Å²) in [5.41, 5.74) is 5.69. The molecule has 1 saturated carbocycles. The summed E-state index contributed by atoms with van der Waals surface area (Å²) in [5.74, 6) is 2.19. The smallest absolute Gasteiger partial charge is 0.225 e.